The minimum Gasteiger partial charge on any atom is -0.314 e. The highest BCUT2D eigenvalue weighted by molar-refractivity contribution is 5.75. The molecule has 7 nitrogen and oxygen atoms in total. The van der Waals surface area contributed by atoms with Gasteiger partial charge >= 0.3 is 5.69 Å². The van der Waals surface area contributed by atoms with Crippen LogP contribution in [0.5, 0.6) is 0 Å². The molecule has 0 saturated carbocycles. The van der Waals surface area contributed by atoms with Crippen LogP contribution in [0.3, 0.4) is 0 Å². The minimum absolute atomic E-state index is 0.257. The molecule has 118 valence electrons. The second-order valence-corrected chi connectivity index (χ2v) is 5.62. The number of hydrogen-bond donors (Lipinski definition) is 0. The van der Waals surface area contributed by atoms with E-state index in [-0.39, 0.29) is 11.2 Å². The Morgan fingerprint density at radius 2 is 1.91 bits per heavy atom. The fraction of sp³-hybridized carbons (Fsp3) is 0.533. The molecule has 3 aromatic rings. The van der Waals surface area contributed by atoms with Gasteiger partial charge in [0.25, 0.3) is 5.56 Å². The maximum absolute atomic E-state index is 12.8. The third-order valence-corrected chi connectivity index (χ3v) is 4.19. The molecule has 7 heteroatoms. The molecule has 0 radical (unpaired) electrons. The summed E-state index contributed by atoms with van der Waals surface area (Å²) in [4.78, 5) is 29.7. The van der Waals surface area contributed by atoms with Gasteiger partial charge in [-0.1, -0.05) is 13.3 Å². The minimum atomic E-state index is -0.300. The Morgan fingerprint density at radius 1 is 1.18 bits per heavy atom. The van der Waals surface area contributed by atoms with Crippen LogP contribution in [0.4, 0.5) is 0 Å². The van der Waals surface area contributed by atoms with Gasteiger partial charge in [0.15, 0.2) is 11.2 Å². The number of aromatic nitrogens is 5. The lowest BCUT2D eigenvalue weighted by Crippen LogP contribution is -2.39. The van der Waals surface area contributed by atoms with Crippen molar-refractivity contribution in [3.05, 3.63) is 32.7 Å². The summed E-state index contributed by atoms with van der Waals surface area (Å²) in [5.41, 5.74) is 1.41. The highest BCUT2D eigenvalue weighted by atomic mass is 16.2. The number of hydrogen-bond acceptors (Lipinski definition) is 3. The Morgan fingerprint density at radius 3 is 2.55 bits per heavy atom. The lowest BCUT2D eigenvalue weighted by atomic mass is 10.3. The molecule has 0 N–H and O–H groups in total. The lowest BCUT2D eigenvalue weighted by molar-refractivity contribution is 0.566. The van der Waals surface area contributed by atoms with Crippen LogP contribution in [0.25, 0.3) is 16.9 Å². The summed E-state index contributed by atoms with van der Waals surface area (Å²) in [6.45, 7) is 7.27. The molecule has 0 aromatic carbocycles. The van der Waals surface area contributed by atoms with Gasteiger partial charge in [-0.25, -0.2) is 4.79 Å². The SMILES string of the molecule is CCCCn1c(=O)c2c(nc3n(CC)c(C)cn23)n(C)c1=O. The van der Waals surface area contributed by atoms with E-state index in [1.165, 1.54) is 9.13 Å². The van der Waals surface area contributed by atoms with Crippen molar-refractivity contribution in [2.45, 2.75) is 46.7 Å². The fourth-order valence-electron chi connectivity index (χ4n) is 2.96. The van der Waals surface area contributed by atoms with Crippen molar-refractivity contribution in [3.8, 4) is 0 Å². The summed E-state index contributed by atoms with van der Waals surface area (Å²) in [5.74, 6) is 0.704. The van der Waals surface area contributed by atoms with Crippen molar-refractivity contribution in [1.29, 1.82) is 0 Å². The maximum Gasteiger partial charge on any atom is 0.332 e. The van der Waals surface area contributed by atoms with Gasteiger partial charge in [0, 0.05) is 32.0 Å². The van der Waals surface area contributed by atoms with Crippen LogP contribution < -0.4 is 11.2 Å². The zero-order valence-electron chi connectivity index (χ0n) is 13.5. The van der Waals surface area contributed by atoms with Crippen molar-refractivity contribution >= 4 is 16.9 Å². The van der Waals surface area contributed by atoms with Gasteiger partial charge in [0.1, 0.15) is 0 Å². The maximum atomic E-state index is 12.8. The molecule has 0 aliphatic heterocycles. The van der Waals surface area contributed by atoms with Crippen LogP contribution >= 0.6 is 0 Å². The molecule has 22 heavy (non-hydrogen) atoms. The van der Waals surface area contributed by atoms with Gasteiger partial charge < -0.3 is 4.57 Å². The second kappa shape index (κ2) is 5.15. The lowest BCUT2D eigenvalue weighted by Gasteiger charge is -2.07. The third-order valence-electron chi connectivity index (χ3n) is 4.19. The first-order chi connectivity index (χ1) is 10.5. The van der Waals surface area contributed by atoms with E-state index in [9.17, 15) is 9.59 Å². The molecule has 3 aromatic heterocycles. The summed E-state index contributed by atoms with van der Waals surface area (Å²) in [5, 5.41) is 0. The molecule has 0 amide bonds. The van der Waals surface area contributed by atoms with Crippen molar-refractivity contribution in [2.75, 3.05) is 0 Å². The average Bonchev–Trinajstić information content (AvgIpc) is 2.99. The first-order valence-electron chi connectivity index (χ1n) is 7.69. The third kappa shape index (κ3) is 1.84. The van der Waals surface area contributed by atoms with Gasteiger partial charge in [-0.15, -0.1) is 0 Å². The first-order valence-corrected chi connectivity index (χ1v) is 7.69. The van der Waals surface area contributed by atoms with Gasteiger partial charge in [0.05, 0.1) is 0 Å². The monoisotopic (exact) mass is 303 g/mol. The Balaban J connectivity index is 2.45. The van der Waals surface area contributed by atoms with Crippen LogP contribution in [-0.4, -0.2) is 23.1 Å². The zero-order chi connectivity index (χ0) is 16.0. The van der Waals surface area contributed by atoms with E-state index in [0.29, 0.717) is 23.5 Å². The quantitative estimate of drug-likeness (QED) is 0.729. The van der Waals surface area contributed by atoms with E-state index < -0.39 is 0 Å². The number of nitrogens with zero attached hydrogens (tertiary/aromatic N) is 5. The van der Waals surface area contributed by atoms with Crippen molar-refractivity contribution < 1.29 is 0 Å². The summed E-state index contributed by atoms with van der Waals surface area (Å²) >= 11 is 0. The van der Waals surface area contributed by atoms with E-state index in [0.717, 1.165) is 25.1 Å². The Labute approximate surface area is 127 Å². The predicted molar refractivity (Wildman–Crippen MR) is 85.5 cm³/mol. The van der Waals surface area contributed by atoms with Crippen LogP contribution in [0.15, 0.2) is 15.8 Å². The number of imidazole rings is 2. The largest absolute Gasteiger partial charge is 0.332 e. The molecule has 0 aliphatic rings. The fourth-order valence-corrected chi connectivity index (χ4v) is 2.96. The first kappa shape index (κ1) is 14.6. The number of unbranched alkanes of at least 4 members (excludes halogenated alkanes) is 1. The molecule has 0 atom stereocenters. The standard InChI is InChI=1S/C15H21N5O2/c1-5-7-8-19-13(21)11-12(17(4)15(19)22)16-14-18(6-2)10(3)9-20(11)14/h9H,5-8H2,1-4H3. The Hall–Kier alpha value is -2.31. The highest BCUT2D eigenvalue weighted by Gasteiger charge is 2.19. The summed E-state index contributed by atoms with van der Waals surface area (Å²) < 4.78 is 6.62. The Kier molecular flexibility index (Phi) is 3.42. The van der Waals surface area contributed by atoms with Crippen LogP contribution in [0, 0.1) is 6.92 Å². The number of aryl methyl sites for hydroxylation is 3. The number of rotatable bonds is 4. The average molecular weight is 303 g/mol. The Bertz CT molecular complexity index is 970. The topological polar surface area (TPSA) is 66.2 Å². The zero-order valence-corrected chi connectivity index (χ0v) is 13.5. The summed E-state index contributed by atoms with van der Waals surface area (Å²) in [7, 11) is 1.67. The predicted octanol–water partition coefficient (Wildman–Crippen LogP) is 1.28. The van der Waals surface area contributed by atoms with E-state index in [1.54, 1.807) is 11.4 Å². The molecular weight excluding hydrogens is 282 g/mol. The van der Waals surface area contributed by atoms with E-state index in [2.05, 4.69) is 4.98 Å². The second-order valence-electron chi connectivity index (χ2n) is 5.62. The van der Waals surface area contributed by atoms with Crippen molar-refractivity contribution in [2.24, 2.45) is 7.05 Å². The van der Waals surface area contributed by atoms with Gasteiger partial charge in [-0.05, 0) is 20.3 Å². The summed E-state index contributed by atoms with van der Waals surface area (Å²) in [6.07, 6.45) is 3.64. The van der Waals surface area contributed by atoms with Gasteiger partial charge in [0.2, 0.25) is 5.78 Å². The molecular formula is C15H21N5O2. The van der Waals surface area contributed by atoms with Gasteiger partial charge in [-0.3, -0.25) is 18.3 Å². The molecule has 0 spiro atoms. The van der Waals surface area contributed by atoms with E-state index in [4.69, 9.17) is 0 Å². The normalized spacial score (nSPS) is 11.8. The highest BCUT2D eigenvalue weighted by Crippen LogP contribution is 2.15. The van der Waals surface area contributed by atoms with Crippen molar-refractivity contribution in [3.63, 3.8) is 0 Å². The van der Waals surface area contributed by atoms with Crippen molar-refractivity contribution in [1.82, 2.24) is 23.1 Å². The molecule has 0 fully saturated rings. The van der Waals surface area contributed by atoms with Gasteiger partial charge in [-0.2, -0.15) is 4.98 Å². The van der Waals surface area contributed by atoms with Crippen LogP contribution in [0.2, 0.25) is 0 Å². The van der Waals surface area contributed by atoms with E-state index >= 15 is 0 Å². The smallest absolute Gasteiger partial charge is 0.314 e. The van der Waals surface area contributed by atoms with Crippen LogP contribution in [-0.2, 0) is 20.1 Å². The molecule has 0 saturated heterocycles. The molecule has 3 rings (SSSR count). The molecule has 3 heterocycles. The molecule has 0 aliphatic carbocycles. The summed E-state index contributed by atoms with van der Waals surface area (Å²) in [6, 6.07) is 0. The van der Waals surface area contributed by atoms with Crippen LogP contribution in [0.1, 0.15) is 32.4 Å². The molecule has 0 bridgehead atoms. The number of fused-ring (bicyclic) bond motifs is 3. The van der Waals surface area contributed by atoms with E-state index in [1.807, 2.05) is 31.5 Å². The molecule has 0 unspecified atom stereocenters.